The summed E-state index contributed by atoms with van der Waals surface area (Å²) in [5.41, 5.74) is 0. The summed E-state index contributed by atoms with van der Waals surface area (Å²) in [5, 5.41) is 0. The standard InChI is InChI=1S/C74H146O7/c1-7-11-15-19-23-43-51-59-67-77-73(78-68-60-52-44-24-20-16-12-8-2)65-57-49-41-37-33-29-27-31-35-39-47-55-63-71(75-5)81-72(76-6)64-56-48-40-36-32-28-30-34-38-42-50-58-66-74(79-69-61-53-45-25-21-17-13-9-3)80-70-62-54-46-26-22-18-14-10-4/h55-56,63-64,71-74H,7-54,57-62,65-70H2,1-6H3. The van der Waals surface area contributed by atoms with E-state index in [1.54, 1.807) is 14.2 Å². The van der Waals surface area contributed by atoms with Gasteiger partial charge in [0.1, 0.15) is 0 Å². The minimum absolute atomic E-state index is 0.00112. The SMILES string of the molecule is CCCCCCCCCCOC(CCCCCCCCCCCCC=CC(OC)OC(C=CCCCCCCCCCCCCC(OCCCCCCCCCC)OCCCCCCCCCC)OC)OCCCCCCCCCC. The minimum Gasteiger partial charge on any atom is -0.353 e. The highest BCUT2D eigenvalue weighted by atomic mass is 16.8. The van der Waals surface area contributed by atoms with E-state index in [1.165, 1.54) is 334 Å². The Morgan fingerprint density at radius 3 is 0.654 bits per heavy atom. The van der Waals surface area contributed by atoms with Crippen molar-refractivity contribution in [1.82, 2.24) is 0 Å². The van der Waals surface area contributed by atoms with Crippen molar-refractivity contribution in [2.24, 2.45) is 0 Å². The van der Waals surface area contributed by atoms with Gasteiger partial charge in [0.15, 0.2) is 25.2 Å². The third-order valence-corrected chi connectivity index (χ3v) is 16.6. The second-order valence-electron chi connectivity index (χ2n) is 24.7. The first kappa shape index (κ1) is 80.2. The van der Waals surface area contributed by atoms with Crippen LogP contribution in [0.1, 0.15) is 387 Å². The van der Waals surface area contributed by atoms with Gasteiger partial charge in [-0.15, -0.1) is 0 Å². The zero-order valence-electron chi connectivity index (χ0n) is 55.9. The molecule has 2 unspecified atom stereocenters. The largest absolute Gasteiger partial charge is 0.353 e. The van der Waals surface area contributed by atoms with E-state index < -0.39 is 12.6 Å². The van der Waals surface area contributed by atoms with Gasteiger partial charge in [-0.1, -0.05) is 322 Å². The monoisotopic (exact) mass is 1150 g/mol. The van der Waals surface area contributed by atoms with Crippen LogP contribution in [0.4, 0.5) is 0 Å². The molecule has 0 spiro atoms. The molecule has 0 aromatic rings. The summed E-state index contributed by atoms with van der Waals surface area (Å²) in [4.78, 5) is 0. The smallest absolute Gasteiger partial charge is 0.179 e. The van der Waals surface area contributed by atoms with Crippen LogP contribution in [-0.4, -0.2) is 65.8 Å². The van der Waals surface area contributed by atoms with Crippen molar-refractivity contribution in [2.75, 3.05) is 40.6 Å². The van der Waals surface area contributed by atoms with Gasteiger partial charge in [0.2, 0.25) is 0 Å². The quantitative estimate of drug-likeness (QED) is 0.0342. The van der Waals surface area contributed by atoms with Gasteiger partial charge in [-0.3, -0.25) is 0 Å². The summed E-state index contributed by atoms with van der Waals surface area (Å²) in [7, 11) is 3.42. The van der Waals surface area contributed by atoms with Gasteiger partial charge in [0.25, 0.3) is 0 Å². The average Bonchev–Trinajstić information content (AvgIpc) is 3.48. The maximum Gasteiger partial charge on any atom is 0.179 e. The first-order chi connectivity index (χ1) is 40.1. The second-order valence-corrected chi connectivity index (χ2v) is 24.7. The van der Waals surface area contributed by atoms with Gasteiger partial charge in [-0.05, 0) is 89.2 Å². The lowest BCUT2D eigenvalue weighted by Gasteiger charge is -2.19. The van der Waals surface area contributed by atoms with Crippen molar-refractivity contribution >= 4 is 0 Å². The maximum atomic E-state index is 6.32. The van der Waals surface area contributed by atoms with Gasteiger partial charge >= 0.3 is 0 Å². The molecule has 0 N–H and O–H groups in total. The first-order valence-corrected chi connectivity index (χ1v) is 36.7. The lowest BCUT2D eigenvalue weighted by atomic mass is 10.0. The number of unbranched alkanes of at least 4 members (excludes halogenated alkanes) is 48. The number of methoxy groups -OCH3 is 2. The Morgan fingerprint density at radius 2 is 0.432 bits per heavy atom. The number of hydrogen-bond acceptors (Lipinski definition) is 7. The third-order valence-electron chi connectivity index (χ3n) is 16.6. The number of hydrogen-bond donors (Lipinski definition) is 0. The van der Waals surface area contributed by atoms with Gasteiger partial charge in [-0.25, -0.2) is 0 Å². The molecule has 0 bridgehead atoms. The van der Waals surface area contributed by atoms with Crippen LogP contribution in [0, 0.1) is 0 Å². The zero-order chi connectivity index (χ0) is 58.5. The summed E-state index contributed by atoms with van der Waals surface area (Å²) in [5.74, 6) is 0. The molecule has 0 aliphatic heterocycles. The summed E-state index contributed by atoms with van der Waals surface area (Å²) >= 11 is 0. The van der Waals surface area contributed by atoms with E-state index in [0.29, 0.717) is 0 Å². The number of rotatable bonds is 72. The Labute approximate surface area is 508 Å². The van der Waals surface area contributed by atoms with Crippen LogP contribution in [0.25, 0.3) is 0 Å². The van der Waals surface area contributed by atoms with E-state index in [0.717, 1.165) is 52.1 Å². The molecule has 0 saturated heterocycles. The Hall–Kier alpha value is -0.800. The second kappa shape index (κ2) is 71.7. The van der Waals surface area contributed by atoms with Crippen LogP contribution in [0.15, 0.2) is 24.3 Å². The van der Waals surface area contributed by atoms with Crippen LogP contribution in [-0.2, 0) is 33.2 Å². The highest BCUT2D eigenvalue weighted by Gasteiger charge is 2.13. The molecule has 81 heavy (non-hydrogen) atoms. The Morgan fingerprint density at radius 1 is 0.235 bits per heavy atom. The molecule has 0 fully saturated rings. The third kappa shape index (κ3) is 65.0. The molecule has 0 rings (SSSR count). The van der Waals surface area contributed by atoms with Crippen LogP contribution in [0.3, 0.4) is 0 Å². The predicted octanol–water partition coefficient (Wildman–Crippen LogP) is 24.7. The lowest BCUT2D eigenvalue weighted by Crippen LogP contribution is -2.22. The van der Waals surface area contributed by atoms with E-state index in [4.69, 9.17) is 33.2 Å². The van der Waals surface area contributed by atoms with Crippen LogP contribution in [0.5, 0.6) is 0 Å². The molecule has 0 saturated carbocycles. The van der Waals surface area contributed by atoms with Gasteiger partial charge in [0, 0.05) is 40.6 Å². The number of allylic oxidation sites excluding steroid dienone is 2. The van der Waals surface area contributed by atoms with Crippen molar-refractivity contribution in [3.05, 3.63) is 24.3 Å². The van der Waals surface area contributed by atoms with Gasteiger partial charge in [-0.2, -0.15) is 0 Å². The highest BCUT2D eigenvalue weighted by Crippen LogP contribution is 2.20. The van der Waals surface area contributed by atoms with Crippen LogP contribution >= 0.6 is 0 Å². The fourth-order valence-corrected chi connectivity index (χ4v) is 11.1. The molecule has 0 aliphatic carbocycles. The van der Waals surface area contributed by atoms with E-state index >= 15 is 0 Å². The van der Waals surface area contributed by atoms with E-state index in [9.17, 15) is 0 Å². The molecule has 2 atom stereocenters. The van der Waals surface area contributed by atoms with E-state index in [-0.39, 0.29) is 12.6 Å². The normalized spacial score (nSPS) is 12.9. The predicted molar refractivity (Wildman–Crippen MR) is 354 cm³/mol. The van der Waals surface area contributed by atoms with Crippen molar-refractivity contribution in [3.63, 3.8) is 0 Å². The molecule has 0 aliphatic rings. The summed E-state index contributed by atoms with van der Waals surface area (Å²) in [6.45, 7) is 12.6. The average molecular weight is 1150 g/mol. The Balaban J connectivity index is 4.08. The van der Waals surface area contributed by atoms with Crippen molar-refractivity contribution < 1.29 is 33.2 Å². The molecule has 7 heteroatoms. The van der Waals surface area contributed by atoms with Gasteiger partial charge < -0.3 is 33.2 Å². The molecule has 0 aromatic carbocycles. The molecule has 7 nitrogen and oxygen atoms in total. The van der Waals surface area contributed by atoms with Gasteiger partial charge in [0.05, 0.1) is 0 Å². The van der Waals surface area contributed by atoms with Crippen molar-refractivity contribution in [3.8, 4) is 0 Å². The molecule has 0 aromatic heterocycles. The molecule has 484 valence electrons. The van der Waals surface area contributed by atoms with E-state index in [2.05, 4.69) is 39.8 Å². The first-order valence-electron chi connectivity index (χ1n) is 36.7. The van der Waals surface area contributed by atoms with Crippen molar-refractivity contribution in [1.29, 1.82) is 0 Å². The number of ether oxygens (including phenoxy) is 7. The van der Waals surface area contributed by atoms with Crippen molar-refractivity contribution in [2.45, 2.75) is 412 Å². The fraction of sp³-hybridized carbons (Fsp3) is 0.946. The molecule has 0 heterocycles. The lowest BCUT2D eigenvalue weighted by molar-refractivity contribution is -0.188. The van der Waals surface area contributed by atoms with E-state index in [1.807, 2.05) is 12.2 Å². The highest BCUT2D eigenvalue weighted by molar-refractivity contribution is 4.89. The Bertz CT molecular complexity index is 1050. The molecular formula is C74H146O7. The summed E-state index contributed by atoms with van der Waals surface area (Å²) < 4.78 is 42.6. The molecule has 0 amide bonds. The zero-order valence-corrected chi connectivity index (χ0v) is 55.9. The molecular weight excluding hydrogens is 1000 g/mol. The summed E-state index contributed by atoms with van der Waals surface area (Å²) in [6, 6.07) is 0. The van der Waals surface area contributed by atoms with Crippen LogP contribution < -0.4 is 0 Å². The minimum atomic E-state index is -0.395. The topological polar surface area (TPSA) is 64.6 Å². The molecule has 0 radical (unpaired) electrons. The fourth-order valence-electron chi connectivity index (χ4n) is 11.1. The maximum absolute atomic E-state index is 6.32. The Kier molecular flexibility index (Phi) is 71.0. The van der Waals surface area contributed by atoms with Crippen LogP contribution in [0.2, 0.25) is 0 Å². The summed E-state index contributed by atoms with van der Waals surface area (Å²) in [6.07, 6.45) is 81.1.